The molecule has 0 saturated carbocycles. The standard InChI is InChI=1S/C12H19N3O3/c13-5-2-8-15-7-1-3-10(9-15)12(18)14-6-4-11(16)17/h10H,1-4,6-9H2,(H,14,18)(H,16,17). The van der Waals surface area contributed by atoms with Crippen molar-refractivity contribution in [2.75, 3.05) is 26.2 Å². The van der Waals surface area contributed by atoms with Crippen LogP contribution in [-0.2, 0) is 9.59 Å². The molecule has 1 amide bonds. The van der Waals surface area contributed by atoms with Gasteiger partial charge in [0.15, 0.2) is 0 Å². The monoisotopic (exact) mass is 253 g/mol. The number of nitrogens with one attached hydrogen (secondary N) is 1. The molecule has 0 aromatic rings. The van der Waals surface area contributed by atoms with Gasteiger partial charge in [-0.1, -0.05) is 0 Å². The lowest BCUT2D eigenvalue weighted by Gasteiger charge is -2.31. The fraction of sp³-hybridized carbons (Fsp3) is 0.750. The van der Waals surface area contributed by atoms with Crippen LogP contribution in [0, 0.1) is 17.2 Å². The number of amides is 1. The summed E-state index contributed by atoms with van der Waals surface area (Å²) in [5.74, 6) is -1.06. The van der Waals surface area contributed by atoms with Crippen molar-refractivity contribution in [3.63, 3.8) is 0 Å². The fourth-order valence-corrected chi connectivity index (χ4v) is 2.12. The Bertz CT molecular complexity index is 338. The van der Waals surface area contributed by atoms with Crippen LogP contribution in [0.3, 0.4) is 0 Å². The first kappa shape index (κ1) is 14.5. The molecule has 0 spiro atoms. The Morgan fingerprint density at radius 3 is 2.94 bits per heavy atom. The van der Waals surface area contributed by atoms with Crippen LogP contribution in [0.25, 0.3) is 0 Å². The van der Waals surface area contributed by atoms with Gasteiger partial charge in [-0.15, -0.1) is 0 Å². The first-order valence-corrected chi connectivity index (χ1v) is 6.22. The Hall–Kier alpha value is -1.61. The molecule has 0 bridgehead atoms. The average molecular weight is 253 g/mol. The van der Waals surface area contributed by atoms with E-state index in [1.54, 1.807) is 0 Å². The predicted molar refractivity (Wildman–Crippen MR) is 64.7 cm³/mol. The first-order valence-electron chi connectivity index (χ1n) is 6.22. The molecule has 18 heavy (non-hydrogen) atoms. The molecule has 1 unspecified atom stereocenters. The van der Waals surface area contributed by atoms with E-state index in [4.69, 9.17) is 10.4 Å². The zero-order valence-electron chi connectivity index (χ0n) is 10.4. The number of rotatable bonds is 6. The number of nitrogens with zero attached hydrogens (tertiary/aromatic N) is 2. The number of hydrogen-bond donors (Lipinski definition) is 2. The van der Waals surface area contributed by atoms with Gasteiger partial charge in [0.2, 0.25) is 5.91 Å². The number of nitriles is 1. The Labute approximate surface area is 107 Å². The highest BCUT2D eigenvalue weighted by molar-refractivity contribution is 5.79. The highest BCUT2D eigenvalue weighted by atomic mass is 16.4. The minimum absolute atomic E-state index is 0.0450. The van der Waals surface area contributed by atoms with Crippen LogP contribution in [0.15, 0.2) is 0 Å². The zero-order valence-corrected chi connectivity index (χ0v) is 10.4. The molecule has 6 heteroatoms. The fourth-order valence-electron chi connectivity index (χ4n) is 2.12. The van der Waals surface area contributed by atoms with Gasteiger partial charge in [0.05, 0.1) is 18.4 Å². The number of carboxylic acid groups (broad SMARTS) is 1. The number of aliphatic carboxylic acids is 1. The van der Waals surface area contributed by atoms with E-state index in [0.717, 1.165) is 19.4 Å². The van der Waals surface area contributed by atoms with Crippen molar-refractivity contribution in [3.8, 4) is 6.07 Å². The molecule has 0 aromatic heterocycles. The minimum Gasteiger partial charge on any atom is -0.481 e. The Balaban J connectivity index is 2.29. The lowest BCUT2D eigenvalue weighted by Crippen LogP contribution is -2.43. The molecule has 1 fully saturated rings. The first-order chi connectivity index (χ1) is 8.63. The van der Waals surface area contributed by atoms with Crippen molar-refractivity contribution in [2.24, 2.45) is 5.92 Å². The van der Waals surface area contributed by atoms with E-state index in [1.165, 1.54) is 0 Å². The van der Waals surface area contributed by atoms with Crippen molar-refractivity contribution in [3.05, 3.63) is 0 Å². The largest absolute Gasteiger partial charge is 0.481 e. The van der Waals surface area contributed by atoms with Crippen LogP contribution in [0.1, 0.15) is 25.7 Å². The molecule has 1 aliphatic heterocycles. The summed E-state index contributed by atoms with van der Waals surface area (Å²) in [7, 11) is 0. The normalized spacial score (nSPS) is 20.1. The lowest BCUT2D eigenvalue weighted by atomic mass is 9.97. The summed E-state index contributed by atoms with van der Waals surface area (Å²) in [5, 5.41) is 19.7. The van der Waals surface area contributed by atoms with Crippen LogP contribution >= 0.6 is 0 Å². The predicted octanol–water partition coefficient (Wildman–Crippen LogP) is 0.203. The van der Waals surface area contributed by atoms with Gasteiger partial charge in [-0.05, 0) is 19.4 Å². The molecule has 1 atom stereocenters. The van der Waals surface area contributed by atoms with Gasteiger partial charge in [0.25, 0.3) is 0 Å². The van der Waals surface area contributed by atoms with Crippen molar-refractivity contribution in [2.45, 2.75) is 25.7 Å². The van der Waals surface area contributed by atoms with Gasteiger partial charge in [-0.25, -0.2) is 0 Å². The number of carboxylic acids is 1. The van der Waals surface area contributed by atoms with E-state index in [1.807, 2.05) is 0 Å². The van der Waals surface area contributed by atoms with Gasteiger partial charge in [-0.2, -0.15) is 5.26 Å². The highest BCUT2D eigenvalue weighted by Gasteiger charge is 2.25. The number of likely N-dealkylation sites (tertiary alicyclic amines) is 1. The Morgan fingerprint density at radius 2 is 2.28 bits per heavy atom. The molecule has 1 heterocycles. The molecule has 1 aliphatic rings. The van der Waals surface area contributed by atoms with E-state index >= 15 is 0 Å². The second-order valence-corrected chi connectivity index (χ2v) is 4.48. The maximum atomic E-state index is 11.8. The molecule has 0 aliphatic carbocycles. The third-order valence-corrected chi connectivity index (χ3v) is 3.05. The molecular weight excluding hydrogens is 234 g/mol. The second-order valence-electron chi connectivity index (χ2n) is 4.48. The number of piperidine rings is 1. The topological polar surface area (TPSA) is 93.4 Å². The van der Waals surface area contributed by atoms with Crippen LogP contribution < -0.4 is 5.32 Å². The van der Waals surface area contributed by atoms with E-state index in [0.29, 0.717) is 19.5 Å². The van der Waals surface area contributed by atoms with Crippen LogP contribution in [0.5, 0.6) is 0 Å². The Morgan fingerprint density at radius 1 is 1.50 bits per heavy atom. The van der Waals surface area contributed by atoms with Crippen molar-refractivity contribution >= 4 is 11.9 Å². The zero-order chi connectivity index (χ0) is 13.4. The summed E-state index contributed by atoms with van der Waals surface area (Å²) in [6.07, 6.45) is 2.22. The minimum atomic E-state index is -0.908. The molecular formula is C12H19N3O3. The van der Waals surface area contributed by atoms with Gasteiger partial charge in [-0.3, -0.25) is 9.59 Å². The average Bonchev–Trinajstić information content (AvgIpc) is 2.36. The van der Waals surface area contributed by atoms with Gasteiger partial charge in [0, 0.05) is 26.1 Å². The summed E-state index contributed by atoms with van der Waals surface area (Å²) in [6, 6.07) is 2.10. The molecule has 0 aromatic carbocycles. The maximum Gasteiger partial charge on any atom is 0.305 e. The SMILES string of the molecule is N#CCCN1CCCC(C(=O)NCCC(=O)O)C1. The quantitative estimate of drug-likeness (QED) is 0.705. The van der Waals surface area contributed by atoms with Crippen molar-refractivity contribution in [1.29, 1.82) is 5.26 Å². The smallest absolute Gasteiger partial charge is 0.305 e. The van der Waals surface area contributed by atoms with Crippen molar-refractivity contribution < 1.29 is 14.7 Å². The van der Waals surface area contributed by atoms with E-state index in [2.05, 4.69) is 16.3 Å². The number of hydrogen-bond acceptors (Lipinski definition) is 4. The number of carbonyl (C=O) groups is 2. The lowest BCUT2D eigenvalue weighted by molar-refractivity contribution is -0.137. The molecule has 100 valence electrons. The van der Waals surface area contributed by atoms with Gasteiger partial charge >= 0.3 is 5.97 Å². The van der Waals surface area contributed by atoms with Gasteiger partial charge < -0.3 is 15.3 Å². The highest BCUT2D eigenvalue weighted by Crippen LogP contribution is 2.16. The van der Waals surface area contributed by atoms with Crippen LogP contribution in [0.4, 0.5) is 0 Å². The summed E-state index contributed by atoms with van der Waals surface area (Å²) < 4.78 is 0. The summed E-state index contributed by atoms with van der Waals surface area (Å²) >= 11 is 0. The molecule has 6 nitrogen and oxygen atoms in total. The van der Waals surface area contributed by atoms with E-state index < -0.39 is 5.97 Å². The summed E-state index contributed by atoms with van der Waals surface area (Å²) in [5.41, 5.74) is 0. The molecule has 1 rings (SSSR count). The van der Waals surface area contributed by atoms with E-state index in [-0.39, 0.29) is 24.8 Å². The molecule has 2 N–H and O–H groups in total. The Kier molecular flexibility index (Phi) is 6.15. The second kappa shape index (κ2) is 7.67. The molecule has 0 radical (unpaired) electrons. The van der Waals surface area contributed by atoms with Crippen LogP contribution in [-0.4, -0.2) is 48.1 Å². The molecule has 1 saturated heterocycles. The summed E-state index contributed by atoms with van der Waals surface area (Å²) in [6.45, 7) is 2.49. The van der Waals surface area contributed by atoms with E-state index in [9.17, 15) is 9.59 Å². The van der Waals surface area contributed by atoms with Crippen LogP contribution in [0.2, 0.25) is 0 Å². The van der Waals surface area contributed by atoms with Gasteiger partial charge in [0.1, 0.15) is 0 Å². The van der Waals surface area contributed by atoms with Crippen molar-refractivity contribution in [1.82, 2.24) is 10.2 Å². The maximum absolute atomic E-state index is 11.8. The number of carbonyl (C=O) groups excluding carboxylic acids is 1. The third-order valence-electron chi connectivity index (χ3n) is 3.05. The third kappa shape index (κ3) is 5.15. The summed E-state index contributed by atoms with van der Waals surface area (Å²) in [4.78, 5) is 24.3.